The van der Waals surface area contributed by atoms with E-state index in [1.165, 1.54) is 0 Å². The molecule has 0 heterocycles. The molecule has 0 spiro atoms. The van der Waals surface area contributed by atoms with Gasteiger partial charge in [-0.1, -0.05) is 12.2 Å². The standard InChI is InChI=1S/C7H11NO/c8-7(9)5-6-3-1-2-4-6/h1,3,6H,2,4-5H2,(H2,8,9)/t6-/m1/s1. The van der Waals surface area contributed by atoms with Gasteiger partial charge < -0.3 is 5.73 Å². The molecule has 0 saturated heterocycles. The second kappa shape index (κ2) is 2.67. The van der Waals surface area contributed by atoms with E-state index >= 15 is 0 Å². The summed E-state index contributed by atoms with van der Waals surface area (Å²) in [7, 11) is 0. The molecule has 2 N–H and O–H groups in total. The summed E-state index contributed by atoms with van der Waals surface area (Å²) in [5, 5.41) is 0. The number of hydrogen-bond acceptors (Lipinski definition) is 1. The molecule has 50 valence electrons. The molecule has 1 aliphatic carbocycles. The summed E-state index contributed by atoms with van der Waals surface area (Å²) in [5.41, 5.74) is 5.00. The van der Waals surface area contributed by atoms with Crippen LogP contribution < -0.4 is 5.73 Å². The van der Waals surface area contributed by atoms with Crippen LogP contribution in [0, 0.1) is 5.92 Å². The van der Waals surface area contributed by atoms with Gasteiger partial charge in [0.2, 0.25) is 5.91 Å². The van der Waals surface area contributed by atoms with Gasteiger partial charge in [-0.25, -0.2) is 0 Å². The van der Waals surface area contributed by atoms with E-state index in [1.807, 2.05) is 0 Å². The number of hydrogen-bond donors (Lipinski definition) is 1. The van der Waals surface area contributed by atoms with E-state index in [2.05, 4.69) is 12.2 Å². The van der Waals surface area contributed by atoms with Crippen LogP contribution in [0.15, 0.2) is 12.2 Å². The normalized spacial score (nSPS) is 24.7. The summed E-state index contributed by atoms with van der Waals surface area (Å²) in [4.78, 5) is 10.3. The van der Waals surface area contributed by atoms with Gasteiger partial charge in [0, 0.05) is 6.42 Å². The third-order valence-electron chi connectivity index (χ3n) is 1.58. The minimum atomic E-state index is -0.188. The van der Waals surface area contributed by atoms with E-state index in [0.717, 1.165) is 12.8 Å². The van der Waals surface area contributed by atoms with Crippen LogP contribution in [0.3, 0.4) is 0 Å². The van der Waals surface area contributed by atoms with Crippen LogP contribution in [0.5, 0.6) is 0 Å². The van der Waals surface area contributed by atoms with Crippen molar-refractivity contribution in [3.63, 3.8) is 0 Å². The van der Waals surface area contributed by atoms with Crippen molar-refractivity contribution < 1.29 is 4.79 Å². The number of allylic oxidation sites excluding steroid dienone is 2. The minimum absolute atomic E-state index is 0.188. The molecule has 0 unspecified atom stereocenters. The van der Waals surface area contributed by atoms with Gasteiger partial charge in [-0.05, 0) is 18.8 Å². The highest BCUT2D eigenvalue weighted by molar-refractivity contribution is 5.74. The molecule has 1 rings (SSSR count). The highest BCUT2D eigenvalue weighted by Gasteiger charge is 2.10. The highest BCUT2D eigenvalue weighted by atomic mass is 16.1. The smallest absolute Gasteiger partial charge is 0.218 e. The average molecular weight is 125 g/mol. The third-order valence-corrected chi connectivity index (χ3v) is 1.58. The summed E-state index contributed by atoms with van der Waals surface area (Å²) in [6.07, 6.45) is 6.91. The number of rotatable bonds is 2. The maximum absolute atomic E-state index is 10.3. The summed E-state index contributed by atoms with van der Waals surface area (Å²) in [6.45, 7) is 0. The Balaban J connectivity index is 2.28. The molecule has 0 saturated carbocycles. The van der Waals surface area contributed by atoms with Gasteiger partial charge in [0.15, 0.2) is 0 Å². The number of primary amides is 1. The number of carbonyl (C=O) groups excluding carboxylic acids is 1. The Morgan fingerprint density at radius 3 is 3.00 bits per heavy atom. The van der Waals surface area contributed by atoms with Crippen LogP contribution in [0.25, 0.3) is 0 Å². The maximum Gasteiger partial charge on any atom is 0.218 e. The Morgan fingerprint density at radius 1 is 1.78 bits per heavy atom. The molecule has 1 atom stereocenters. The fraction of sp³-hybridized carbons (Fsp3) is 0.571. The largest absolute Gasteiger partial charge is 0.370 e. The van der Waals surface area contributed by atoms with Crippen molar-refractivity contribution >= 4 is 5.91 Å². The van der Waals surface area contributed by atoms with Crippen molar-refractivity contribution in [3.05, 3.63) is 12.2 Å². The quantitative estimate of drug-likeness (QED) is 0.546. The van der Waals surface area contributed by atoms with Crippen molar-refractivity contribution in [2.75, 3.05) is 0 Å². The summed E-state index contributed by atoms with van der Waals surface area (Å²) in [5.74, 6) is 0.244. The van der Waals surface area contributed by atoms with Crippen LogP contribution in [0.4, 0.5) is 0 Å². The van der Waals surface area contributed by atoms with Crippen LogP contribution in [-0.2, 0) is 4.79 Å². The molecule has 1 aliphatic rings. The van der Waals surface area contributed by atoms with Crippen molar-refractivity contribution in [2.45, 2.75) is 19.3 Å². The zero-order valence-corrected chi connectivity index (χ0v) is 5.34. The Morgan fingerprint density at radius 2 is 2.56 bits per heavy atom. The van der Waals surface area contributed by atoms with Gasteiger partial charge in [0.1, 0.15) is 0 Å². The van der Waals surface area contributed by atoms with Gasteiger partial charge in [-0.3, -0.25) is 4.79 Å². The molecule has 0 aromatic carbocycles. The Kier molecular flexibility index (Phi) is 1.88. The molecule has 9 heavy (non-hydrogen) atoms. The fourth-order valence-electron chi connectivity index (χ4n) is 1.12. The molecule has 0 bridgehead atoms. The topological polar surface area (TPSA) is 43.1 Å². The Labute approximate surface area is 54.7 Å². The molecule has 0 aliphatic heterocycles. The SMILES string of the molecule is NC(=O)C[C@@H]1C=CCC1. The predicted molar refractivity (Wildman–Crippen MR) is 35.7 cm³/mol. The molecule has 0 aromatic rings. The zero-order chi connectivity index (χ0) is 6.69. The van der Waals surface area contributed by atoms with E-state index in [-0.39, 0.29) is 5.91 Å². The maximum atomic E-state index is 10.3. The molecule has 0 radical (unpaired) electrons. The monoisotopic (exact) mass is 125 g/mol. The summed E-state index contributed by atoms with van der Waals surface area (Å²) < 4.78 is 0. The predicted octanol–water partition coefficient (Wildman–Crippen LogP) is 0.828. The van der Waals surface area contributed by atoms with Crippen molar-refractivity contribution in [1.82, 2.24) is 0 Å². The average Bonchev–Trinajstić information content (AvgIpc) is 2.15. The summed E-state index contributed by atoms with van der Waals surface area (Å²) >= 11 is 0. The van der Waals surface area contributed by atoms with E-state index in [1.54, 1.807) is 0 Å². The first-order chi connectivity index (χ1) is 4.29. The van der Waals surface area contributed by atoms with Gasteiger partial charge in [-0.15, -0.1) is 0 Å². The van der Waals surface area contributed by atoms with E-state index in [0.29, 0.717) is 12.3 Å². The summed E-state index contributed by atoms with van der Waals surface area (Å²) in [6, 6.07) is 0. The lowest BCUT2D eigenvalue weighted by Gasteiger charge is -2.00. The van der Waals surface area contributed by atoms with Crippen LogP contribution in [0.2, 0.25) is 0 Å². The molecule has 0 aromatic heterocycles. The lowest BCUT2D eigenvalue weighted by Crippen LogP contribution is -2.13. The third kappa shape index (κ3) is 1.88. The molecular weight excluding hydrogens is 114 g/mol. The zero-order valence-electron chi connectivity index (χ0n) is 5.34. The van der Waals surface area contributed by atoms with Crippen molar-refractivity contribution in [1.29, 1.82) is 0 Å². The number of nitrogens with two attached hydrogens (primary N) is 1. The van der Waals surface area contributed by atoms with Gasteiger partial charge in [0.25, 0.3) is 0 Å². The van der Waals surface area contributed by atoms with E-state index in [4.69, 9.17) is 5.73 Å². The molecule has 2 heteroatoms. The highest BCUT2D eigenvalue weighted by Crippen LogP contribution is 2.19. The van der Waals surface area contributed by atoms with Crippen LogP contribution in [0.1, 0.15) is 19.3 Å². The van der Waals surface area contributed by atoms with Crippen LogP contribution in [-0.4, -0.2) is 5.91 Å². The lowest BCUT2D eigenvalue weighted by molar-refractivity contribution is -0.118. The van der Waals surface area contributed by atoms with E-state index < -0.39 is 0 Å². The number of amides is 1. The molecule has 1 amide bonds. The second-order valence-corrected chi connectivity index (χ2v) is 2.44. The van der Waals surface area contributed by atoms with Gasteiger partial charge in [-0.2, -0.15) is 0 Å². The van der Waals surface area contributed by atoms with Crippen LogP contribution >= 0.6 is 0 Å². The molecule has 2 nitrogen and oxygen atoms in total. The van der Waals surface area contributed by atoms with Crippen molar-refractivity contribution in [3.8, 4) is 0 Å². The second-order valence-electron chi connectivity index (χ2n) is 2.44. The number of carbonyl (C=O) groups is 1. The Bertz CT molecular complexity index is 140. The first kappa shape index (κ1) is 6.33. The molecular formula is C7H11NO. The lowest BCUT2D eigenvalue weighted by atomic mass is 10.1. The van der Waals surface area contributed by atoms with Crippen molar-refractivity contribution in [2.24, 2.45) is 11.7 Å². The van der Waals surface area contributed by atoms with Gasteiger partial charge >= 0.3 is 0 Å². The van der Waals surface area contributed by atoms with Gasteiger partial charge in [0.05, 0.1) is 0 Å². The minimum Gasteiger partial charge on any atom is -0.370 e. The first-order valence-electron chi connectivity index (χ1n) is 3.24. The first-order valence-corrected chi connectivity index (χ1v) is 3.24. The fourth-order valence-corrected chi connectivity index (χ4v) is 1.12. The molecule has 0 fully saturated rings. The Hall–Kier alpha value is -0.790. The van der Waals surface area contributed by atoms with E-state index in [9.17, 15) is 4.79 Å².